The molecule has 26 heavy (non-hydrogen) atoms. The van der Waals surface area contributed by atoms with Crippen molar-refractivity contribution >= 4 is 11.8 Å². The van der Waals surface area contributed by atoms with Gasteiger partial charge in [0.25, 0.3) is 5.91 Å². The van der Waals surface area contributed by atoms with Crippen LogP contribution in [0.1, 0.15) is 36.2 Å². The van der Waals surface area contributed by atoms with Gasteiger partial charge in [-0.25, -0.2) is 4.39 Å². The second kappa shape index (κ2) is 6.94. The number of carbonyl (C=O) groups is 2. The first-order valence-corrected chi connectivity index (χ1v) is 9.06. The number of piperidine rings is 1. The molecule has 0 atom stereocenters. The van der Waals surface area contributed by atoms with Crippen LogP contribution in [-0.2, 0) is 4.79 Å². The number of carbonyl (C=O) groups excluding carboxylic acids is 2. The molecule has 1 aliphatic heterocycles. The lowest BCUT2D eigenvalue weighted by Gasteiger charge is -2.32. The van der Waals surface area contributed by atoms with Gasteiger partial charge in [-0.1, -0.05) is 12.1 Å². The van der Waals surface area contributed by atoms with E-state index in [4.69, 9.17) is 4.42 Å². The van der Waals surface area contributed by atoms with Gasteiger partial charge in [0.15, 0.2) is 5.76 Å². The van der Waals surface area contributed by atoms with Gasteiger partial charge in [-0.2, -0.15) is 0 Å². The molecule has 1 saturated heterocycles. The zero-order valence-corrected chi connectivity index (χ0v) is 14.4. The van der Waals surface area contributed by atoms with Gasteiger partial charge in [0.2, 0.25) is 5.91 Å². The Morgan fingerprint density at radius 2 is 1.77 bits per heavy atom. The molecule has 1 aromatic carbocycles. The van der Waals surface area contributed by atoms with Crippen LogP contribution >= 0.6 is 0 Å². The van der Waals surface area contributed by atoms with E-state index in [1.807, 2.05) is 4.90 Å². The molecule has 4 rings (SSSR count). The fraction of sp³-hybridized carbons (Fsp3) is 0.400. The molecule has 2 aromatic rings. The molecular formula is C20H21FN2O3. The lowest BCUT2D eigenvalue weighted by molar-refractivity contribution is -0.133. The molecule has 0 radical (unpaired) electrons. The van der Waals surface area contributed by atoms with Gasteiger partial charge in [-0.15, -0.1) is 0 Å². The molecule has 2 heterocycles. The smallest absolute Gasteiger partial charge is 0.287 e. The summed E-state index contributed by atoms with van der Waals surface area (Å²) in [6, 6.07) is 9.48. The number of hydrogen-bond acceptors (Lipinski definition) is 3. The van der Waals surface area contributed by atoms with Gasteiger partial charge < -0.3 is 14.6 Å². The van der Waals surface area contributed by atoms with E-state index >= 15 is 0 Å². The predicted molar refractivity (Wildman–Crippen MR) is 93.9 cm³/mol. The van der Waals surface area contributed by atoms with Crippen LogP contribution in [0.4, 0.5) is 4.39 Å². The second-order valence-electron chi connectivity index (χ2n) is 6.99. The number of benzene rings is 1. The predicted octanol–water partition coefficient (Wildman–Crippen LogP) is 3.22. The highest BCUT2D eigenvalue weighted by atomic mass is 19.1. The normalized spacial score (nSPS) is 18.0. The highest BCUT2D eigenvalue weighted by molar-refractivity contribution is 5.92. The average Bonchev–Trinajstić information content (AvgIpc) is 3.39. The number of nitrogens with one attached hydrogen (secondary N) is 1. The minimum Gasteiger partial charge on any atom is -0.451 e. The Morgan fingerprint density at radius 1 is 1.04 bits per heavy atom. The van der Waals surface area contributed by atoms with Crippen molar-refractivity contribution in [3.05, 3.63) is 48.0 Å². The zero-order chi connectivity index (χ0) is 18.1. The number of nitrogens with zero attached hydrogens (tertiary/aromatic N) is 1. The molecule has 2 amide bonds. The number of hydrogen-bond donors (Lipinski definition) is 1. The minimum absolute atomic E-state index is 0.0211. The molecule has 1 aromatic heterocycles. The summed E-state index contributed by atoms with van der Waals surface area (Å²) in [5.41, 5.74) is 0.332. The van der Waals surface area contributed by atoms with Crippen LogP contribution in [0.15, 0.2) is 40.8 Å². The Morgan fingerprint density at radius 3 is 2.46 bits per heavy atom. The molecule has 2 fully saturated rings. The van der Waals surface area contributed by atoms with Crippen molar-refractivity contribution in [1.82, 2.24) is 10.2 Å². The van der Waals surface area contributed by atoms with Crippen molar-refractivity contribution in [2.24, 2.45) is 5.92 Å². The molecule has 1 N–H and O–H groups in total. The molecule has 136 valence electrons. The van der Waals surface area contributed by atoms with E-state index < -0.39 is 0 Å². The standard InChI is InChI=1S/C20H21FN2O3/c21-16-4-2-1-3-15(16)17-7-8-18(26-17)19(24)22-14-9-11-23(12-10-14)20(25)13-5-6-13/h1-4,7-8,13-14H,5-6,9-12H2,(H,22,24). The van der Waals surface area contributed by atoms with Gasteiger partial charge in [-0.3, -0.25) is 9.59 Å². The average molecular weight is 356 g/mol. The van der Waals surface area contributed by atoms with Crippen molar-refractivity contribution in [2.75, 3.05) is 13.1 Å². The summed E-state index contributed by atoms with van der Waals surface area (Å²) in [6.07, 6.45) is 3.51. The van der Waals surface area contributed by atoms with E-state index in [-0.39, 0.29) is 35.4 Å². The van der Waals surface area contributed by atoms with E-state index in [0.29, 0.717) is 24.4 Å². The molecule has 1 aliphatic carbocycles. The number of rotatable bonds is 4. The molecule has 1 saturated carbocycles. The van der Waals surface area contributed by atoms with Gasteiger partial charge in [0, 0.05) is 25.0 Å². The van der Waals surface area contributed by atoms with Gasteiger partial charge in [0.05, 0.1) is 5.56 Å². The lowest BCUT2D eigenvalue weighted by atomic mass is 10.0. The molecule has 5 nitrogen and oxygen atoms in total. The molecule has 6 heteroatoms. The maximum atomic E-state index is 13.8. The maximum Gasteiger partial charge on any atom is 0.287 e. The fourth-order valence-corrected chi connectivity index (χ4v) is 3.35. The Bertz CT molecular complexity index is 820. The summed E-state index contributed by atoms with van der Waals surface area (Å²) in [4.78, 5) is 26.4. The molecule has 0 spiro atoms. The third-order valence-electron chi connectivity index (χ3n) is 5.04. The summed E-state index contributed by atoms with van der Waals surface area (Å²) in [5, 5.41) is 2.95. The number of likely N-dealkylation sites (tertiary alicyclic amines) is 1. The largest absolute Gasteiger partial charge is 0.451 e. The van der Waals surface area contributed by atoms with Crippen LogP contribution in [0.3, 0.4) is 0 Å². The Labute approximate surface area is 151 Å². The summed E-state index contributed by atoms with van der Waals surface area (Å²) < 4.78 is 19.4. The van der Waals surface area contributed by atoms with Crippen LogP contribution in [0.5, 0.6) is 0 Å². The highest BCUT2D eigenvalue weighted by Gasteiger charge is 2.35. The zero-order valence-electron chi connectivity index (χ0n) is 14.4. The van der Waals surface area contributed by atoms with Crippen molar-refractivity contribution in [2.45, 2.75) is 31.7 Å². The van der Waals surface area contributed by atoms with Gasteiger partial charge in [-0.05, 0) is 49.9 Å². The first-order chi connectivity index (χ1) is 12.6. The number of halogens is 1. The third-order valence-corrected chi connectivity index (χ3v) is 5.04. The van der Waals surface area contributed by atoms with Crippen molar-refractivity contribution in [3.63, 3.8) is 0 Å². The Hall–Kier alpha value is -2.63. The van der Waals surface area contributed by atoms with E-state index in [0.717, 1.165) is 25.7 Å². The van der Waals surface area contributed by atoms with Crippen molar-refractivity contribution in [3.8, 4) is 11.3 Å². The molecular weight excluding hydrogens is 335 g/mol. The molecule has 0 unspecified atom stereocenters. The minimum atomic E-state index is -0.387. The van der Waals surface area contributed by atoms with Crippen LogP contribution in [-0.4, -0.2) is 35.8 Å². The van der Waals surface area contributed by atoms with Crippen LogP contribution < -0.4 is 5.32 Å². The maximum absolute atomic E-state index is 13.8. The topological polar surface area (TPSA) is 62.6 Å². The van der Waals surface area contributed by atoms with Crippen LogP contribution in [0, 0.1) is 11.7 Å². The van der Waals surface area contributed by atoms with Crippen molar-refractivity contribution < 1.29 is 18.4 Å². The first-order valence-electron chi connectivity index (χ1n) is 9.06. The quantitative estimate of drug-likeness (QED) is 0.915. The Kier molecular flexibility index (Phi) is 4.49. The van der Waals surface area contributed by atoms with Crippen LogP contribution in [0.25, 0.3) is 11.3 Å². The molecule has 2 aliphatic rings. The summed E-state index contributed by atoms with van der Waals surface area (Å²) >= 11 is 0. The van der Waals surface area contributed by atoms with Gasteiger partial charge >= 0.3 is 0 Å². The third kappa shape index (κ3) is 3.49. The Balaban J connectivity index is 1.34. The molecule has 0 bridgehead atoms. The van der Waals surface area contributed by atoms with E-state index in [1.54, 1.807) is 30.3 Å². The SMILES string of the molecule is O=C(NC1CCN(C(=O)C2CC2)CC1)c1ccc(-c2ccccc2F)o1. The van der Waals surface area contributed by atoms with E-state index in [9.17, 15) is 14.0 Å². The van der Waals surface area contributed by atoms with Crippen molar-refractivity contribution in [1.29, 1.82) is 0 Å². The van der Waals surface area contributed by atoms with E-state index in [1.165, 1.54) is 6.07 Å². The lowest BCUT2D eigenvalue weighted by Crippen LogP contribution is -2.46. The summed E-state index contributed by atoms with van der Waals surface area (Å²) in [6.45, 7) is 1.36. The monoisotopic (exact) mass is 356 g/mol. The number of furan rings is 1. The number of amides is 2. The van der Waals surface area contributed by atoms with Gasteiger partial charge in [0.1, 0.15) is 11.6 Å². The van der Waals surface area contributed by atoms with Crippen LogP contribution in [0.2, 0.25) is 0 Å². The highest BCUT2D eigenvalue weighted by Crippen LogP contribution is 2.32. The first kappa shape index (κ1) is 16.8. The second-order valence-corrected chi connectivity index (χ2v) is 6.99. The summed E-state index contributed by atoms with van der Waals surface area (Å²) in [5.74, 6) is 0.301. The fourth-order valence-electron chi connectivity index (χ4n) is 3.35. The van der Waals surface area contributed by atoms with E-state index in [2.05, 4.69) is 5.32 Å². The summed E-state index contributed by atoms with van der Waals surface area (Å²) in [7, 11) is 0.